The Hall–Kier alpha value is -2.82. The van der Waals surface area contributed by atoms with Gasteiger partial charge in [-0.1, -0.05) is 6.07 Å². The van der Waals surface area contributed by atoms with Crippen molar-refractivity contribution < 1.29 is 9.90 Å². The number of carbonyl (C=O) groups is 1. The van der Waals surface area contributed by atoms with Gasteiger partial charge in [0.15, 0.2) is 0 Å². The van der Waals surface area contributed by atoms with Crippen molar-refractivity contribution >= 4 is 22.6 Å². The lowest BCUT2D eigenvalue weighted by atomic mass is 10.2. The number of amides is 1. The molecule has 0 atom stereocenters. The number of imidazole rings is 1. The van der Waals surface area contributed by atoms with E-state index >= 15 is 0 Å². The first-order chi connectivity index (χ1) is 9.63. The maximum Gasteiger partial charge on any atom is 0.255 e. The van der Waals surface area contributed by atoms with E-state index in [4.69, 9.17) is 0 Å². The summed E-state index contributed by atoms with van der Waals surface area (Å²) in [6.45, 7) is 0. The Balaban J connectivity index is 1.90. The van der Waals surface area contributed by atoms with Crippen LogP contribution in [0.25, 0.3) is 11.0 Å². The number of rotatable bonds is 2. The van der Waals surface area contributed by atoms with Crippen LogP contribution in [0.15, 0.2) is 48.8 Å². The lowest BCUT2D eigenvalue weighted by molar-refractivity contribution is 0.102. The van der Waals surface area contributed by atoms with Gasteiger partial charge < -0.3 is 15.0 Å². The van der Waals surface area contributed by atoms with Crippen LogP contribution in [-0.2, 0) is 7.05 Å². The summed E-state index contributed by atoms with van der Waals surface area (Å²) in [5.74, 6) is -0.108. The second kappa shape index (κ2) is 4.70. The summed E-state index contributed by atoms with van der Waals surface area (Å²) in [6, 6.07) is 11.8. The number of nitrogens with zero attached hydrogens (tertiary/aromatic N) is 2. The van der Waals surface area contributed by atoms with E-state index in [0.29, 0.717) is 11.3 Å². The number of aromatic hydroxyl groups is 1. The average molecular weight is 267 g/mol. The smallest absolute Gasteiger partial charge is 0.255 e. The topological polar surface area (TPSA) is 67.2 Å². The highest BCUT2D eigenvalue weighted by Crippen LogP contribution is 2.18. The Morgan fingerprint density at radius 3 is 2.90 bits per heavy atom. The first kappa shape index (κ1) is 12.2. The summed E-state index contributed by atoms with van der Waals surface area (Å²) in [5.41, 5.74) is 2.85. The third-order valence-corrected chi connectivity index (χ3v) is 3.09. The number of aromatic nitrogens is 2. The summed E-state index contributed by atoms with van der Waals surface area (Å²) in [4.78, 5) is 16.4. The molecule has 5 nitrogen and oxygen atoms in total. The third-order valence-electron chi connectivity index (χ3n) is 3.09. The molecule has 2 N–H and O–H groups in total. The van der Waals surface area contributed by atoms with Crippen molar-refractivity contribution in [1.82, 2.24) is 9.55 Å². The van der Waals surface area contributed by atoms with Crippen LogP contribution >= 0.6 is 0 Å². The molecule has 3 aromatic rings. The van der Waals surface area contributed by atoms with Gasteiger partial charge in [0.1, 0.15) is 5.75 Å². The van der Waals surface area contributed by atoms with Crippen LogP contribution in [0.4, 0.5) is 5.69 Å². The van der Waals surface area contributed by atoms with Crippen molar-refractivity contribution in [3.8, 4) is 5.75 Å². The fourth-order valence-corrected chi connectivity index (χ4v) is 2.05. The first-order valence-electron chi connectivity index (χ1n) is 6.15. The highest BCUT2D eigenvalue weighted by Gasteiger charge is 2.09. The van der Waals surface area contributed by atoms with Crippen molar-refractivity contribution in [2.45, 2.75) is 0 Å². The Morgan fingerprint density at radius 2 is 2.10 bits per heavy atom. The molecule has 0 spiro atoms. The molecule has 0 unspecified atom stereocenters. The molecule has 1 heterocycles. The molecule has 0 saturated heterocycles. The lowest BCUT2D eigenvalue weighted by Crippen LogP contribution is -2.11. The molecule has 0 aliphatic carbocycles. The summed E-state index contributed by atoms with van der Waals surface area (Å²) in [6.07, 6.45) is 1.71. The minimum atomic E-state index is -0.223. The average Bonchev–Trinajstić information content (AvgIpc) is 2.80. The molecule has 0 radical (unpaired) electrons. The molecular weight excluding hydrogens is 254 g/mol. The van der Waals surface area contributed by atoms with Gasteiger partial charge in [-0.3, -0.25) is 4.79 Å². The minimum Gasteiger partial charge on any atom is -0.508 e. The fourth-order valence-electron chi connectivity index (χ4n) is 2.05. The molecule has 0 bridgehead atoms. The number of phenols is 1. The molecule has 0 saturated carbocycles. The standard InChI is InChI=1S/C15H13N3O2/c1-18-9-16-13-6-5-10(7-14(13)18)15(20)17-11-3-2-4-12(19)8-11/h2-9,19H,1H3,(H,17,20). The monoisotopic (exact) mass is 267 g/mol. The molecule has 0 aliphatic rings. The van der Waals surface area contributed by atoms with Crippen LogP contribution in [0.1, 0.15) is 10.4 Å². The fraction of sp³-hybridized carbons (Fsp3) is 0.0667. The van der Waals surface area contributed by atoms with Gasteiger partial charge in [0.2, 0.25) is 0 Å². The van der Waals surface area contributed by atoms with Gasteiger partial charge in [-0.15, -0.1) is 0 Å². The number of hydrogen-bond acceptors (Lipinski definition) is 3. The van der Waals surface area contributed by atoms with Crippen molar-refractivity contribution in [2.75, 3.05) is 5.32 Å². The summed E-state index contributed by atoms with van der Waals surface area (Å²) in [7, 11) is 1.88. The second-order valence-electron chi connectivity index (χ2n) is 4.56. The van der Waals surface area contributed by atoms with E-state index in [1.54, 1.807) is 36.7 Å². The number of hydrogen-bond donors (Lipinski definition) is 2. The van der Waals surface area contributed by atoms with Gasteiger partial charge in [0.05, 0.1) is 17.4 Å². The normalized spacial score (nSPS) is 10.7. The quantitative estimate of drug-likeness (QED) is 0.749. The van der Waals surface area contributed by atoms with Gasteiger partial charge in [0, 0.05) is 24.4 Å². The predicted molar refractivity (Wildman–Crippen MR) is 76.8 cm³/mol. The molecule has 1 amide bonds. The van der Waals surface area contributed by atoms with Crippen molar-refractivity contribution in [3.05, 3.63) is 54.4 Å². The highest BCUT2D eigenvalue weighted by molar-refractivity contribution is 6.06. The van der Waals surface area contributed by atoms with Crippen LogP contribution < -0.4 is 5.32 Å². The molecule has 5 heteroatoms. The first-order valence-corrected chi connectivity index (χ1v) is 6.15. The van der Waals surface area contributed by atoms with E-state index in [0.717, 1.165) is 11.0 Å². The molecule has 1 aromatic heterocycles. The van der Waals surface area contributed by atoms with Crippen LogP contribution in [0.3, 0.4) is 0 Å². The van der Waals surface area contributed by atoms with Crippen molar-refractivity contribution in [2.24, 2.45) is 7.05 Å². The largest absolute Gasteiger partial charge is 0.508 e. The van der Waals surface area contributed by atoms with Gasteiger partial charge in [0.25, 0.3) is 5.91 Å². The lowest BCUT2D eigenvalue weighted by Gasteiger charge is -2.06. The molecule has 2 aromatic carbocycles. The summed E-state index contributed by atoms with van der Waals surface area (Å²) >= 11 is 0. The number of anilines is 1. The minimum absolute atomic E-state index is 0.116. The van der Waals surface area contributed by atoms with Crippen molar-refractivity contribution in [3.63, 3.8) is 0 Å². The number of phenolic OH excluding ortho intramolecular Hbond substituents is 1. The summed E-state index contributed by atoms with van der Waals surface area (Å²) in [5, 5.41) is 12.1. The van der Waals surface area contributed by atoms with E-state index < -0.39 is 0 Å². The number of fused-ring (bicyclic) bond motifs is 1. The SMILES string of the molecule is Cn1cnc2ccc(C(=O)Nc3cccc(O)c3)cc21. The zero-order chi connectivity index (χ0) is 14.1. The Kier molecular flexibility index (Phi) is 2.87. The number of aryl methyl sites for hydroxylation is 1. The van der Waals surface area contributed by atoms with Gasteiger partial charge in [-0.25, -0.2) is 4.98 Å². The van der Waals surface area contributed by atoms with E-state index in [9.17, 15) is 9.90 Å². The molecule has 0 fully saturated rings. The Morgan fingerprint density at radius 1 is 1.25 bits per heavy atom. The van der Waals surface area contributed by atoms with Crippen LogP contribution in [0, 0.1) is 0 Å². The zero-order valence-electron chi connectivity index (χ0n) is 10.9. The molecular formula is C15H13N3O2. The Bertz CT molecular complexity index is 793. The van der Waals surface area contributed by atoms with Gasteiger partial charge in [-0.2, -0.15) is 0 Å². The van der Waals surface area contributed by atoms with Crippen LogP contribution in [0.2, 0.25) is 0 Å². The number of benzene rings is 2. The maximum absolute atomic E-state index is 12.2. The van der Waals surface area contributed by atoms with E-state index in [-0.39, 0.29) is 11.7 Å². The molecule has 3 rings (SSSR count). The molecule has 100 valence electrons. The van der Waals surface area contributed by atoms with E-state index in [1.165, 1.54) is 6.07 Å². The van der Waals surface area contributed by atoms with Crippen LogP contribution in [0.5, 0.6) is 5.75 Å². The van der Waals surface area contributed by atoms with Gasteiger partial charge >= 0.3 is 0 Å². The van der Waals surface area contributed by atoms with E-state index in [1.807, 2.05) is 17.7 Å². The number of carbonyl (C=O) groups excluding carboxylic acids is 1. The van der Waals surface area contributed by atoms with E-state index in [2.05, 4.69) is 10.3 Å². The Labute approximate surface area is 115 Å². The highest BCUT2D eigenvalue weighted by atomic mass is 16.3. The second-order valence-corrected chi connectivity index (χ2v) is 4.56. The molecule has 0 aliphatic heterocycles. The van der Waals surface area contributed by atoms with Crippen molar-refractivity contribution in [1.29, 1.82) is 0 Å². The summed E-state index contributed by atoms with van der Waals surface area (Å²) < 4.78 is 1.86. The van der Waals surface area contributed by atoms with Gasteiger partial charge in [-0.05, 0) is 30.3 Å². The predicted octanol–water partition coefficient (Wildman–Crippen LogP) is 2.53. The maximum atomic E-state index is 12.2. The molecule has 20 heavy (non-hydrogen) atoms. The van der Waals surface area contributed by atoms with Crippen LogP contribution in [-0.4, -0.2) is 20.6 Å². The zero-order valence-corrected chi connectivity index (χ0v) is 10.9. The third kappa shape index (κ3) is 2.21. The number of nitrogens with one attached hydrogen (secondary N) is 1.